The lowest BCUT2D eigenvalue weighted by Gasteiger charge is -2.01. The van der Waals surface area contributed by atoms with Gasteiger partial charge in [0.25, 0.3) is 0 Å². The Kier molecular flexibility index (Phi) is 2.67. The van der Waals surface area contributed by atoms with E-state index in [1.165, 1.54) is 0 Å². The van der Waals surface area contributed by atoms with Crippen molar-refractivity contribution in [3.8, 4) is 5.69 Å². The van der Waals surface area contributed by atoms with Crippen molar-refractivity contribution in [2.24, 2.45) is 5.11 Å². The van der Waals surface area contributed by atoms with Gasteiger partial charge in [0, 0.05) is 28.6 Å². The fourth-order valence-electron chi connectivity index (χ4n) is 1.29. The molecule has 2 rings (SSSR count). The van der Waals surface area contributed by atoms with Crippen LogP contribution in [0.3, 0.4) is 0 Å². The third kappa shape index (κ3) is 1.92. The minimum atomic E-state index is -0.584. The van der Waals surface area contributed by atoms with E-state index in [1.807, 2.05) is 4.57 Å². The molecular weight excluding hydrogens is 206 g/mol. The smallest absolute Gasteiger partial charge is 0.249 e. The predicted octanol–water partition coefficient (Wildman–Crippen LogP) is 2.32. The summed E-state index contributed by atoms with van der Waals surface area (Å²) >= 11 is 0. The van der Waals surface area contributed by atoms with Crippen LogP contribution < -0.4 is 0 Å². The Bertz CT molecular complexity index is 537. The molecule has 0 atom stereocenters. The molecule has 0 bridgehead atoms. The highest BCUT2D eigenvalue weighted by Gasteiger charge is 2.02. The van der Waals surface area contributed by atoms with E-state index < -0.39 is 5.91 Å². The largest absolute Gasteiger partial charge is 0.306 e. The second-order valence-corrected chi connectivity index (χ2v) is 3.01. The Labute approximate surface area is 90.8 Å². The van der Waals surface area contributed by atoms with E-state index in [9.17, 15) is 4.79 Å². The number of imidazole rings is 1. The molecule has 0 aliphatic carbocycles. The normalized spacial score (nSPS) is 9.50. The molecule has 78 valence electrons. The van der Waals surface area contributed by atoms with Gasteiger partial charge in [0.1, 0.15) is 0 Å². The van der Waals surface area contributed by atoms with Gasteiger partial charge >= 0.3 is 0 Å². The summed E-state index contributed by atoms with van der Waals surface area (Å²) in [5.74, 6) is -0.584. The fourth-order valence-corrected chi connectivity index (χ4v) is 1.29. The first-order valence-corrected chi connectivity index (χ1v) is 4.49. The Morgan fingerprint density at radius 2 is 2.12 bits per heavy atom. The molecule has 1 heterocycles. The zero-order valence-corrected chi connectivity index (χ0v) is 8.19. The molecule has 1 aromatic heterocycles. The number of amides is 1. The third-order valence-electron chi connectivity index (χ3n) is 2.05. The Morgan fingerprint density at radius 1 is 1.38 bits per heavy atom. The number of carbonyl (C=O) groups is 1. The first kappa shape index (κ1) is 9.95. The fraction of sp³-hybridized carbons (Fsp3) is 0. The molecule has 0 aliphatic heterocycles. The van der Waals surface area contributed by atoms with E-state index in [0.717, 1.165) is 5.69 Å². The van der Waals surface area contributed by atoms with Crippen molar-refractivity contribution in [2.45, 2.75) is 0 Å². The lowest BCUT2D eigenvalue weighted by atomic mass is 10.2. The topological polar surface area (TPSA) is 83.7 Å². The molecule has 1 aromatic carbocycles. The van der Waals surface area contributed by atoms with Gasteiger partial charge in [-0.15, -0.1) is 0 Å². The number of azide groups is 1. The van der Waals surface area contributed by atoms with Crippen LogP contribution in [0.1, 0.15) is 10.4 Å². The monoisotopic (exact) mass is 213 g/mol. The number of rotatable bonds is 2. The highest BCUT2D eigenvalue weighted by atomic mass is 16.1. The molecule has 16 heavy (non-hydrogen) atoms. The Balaban J connectivity index is 2.30. The molecular formula is C10H7N5O. The first-order valence-electron chi connectivity index (χ1n) is 4.49. The van der Waals surface area contributed by atoms with E-state index in [-0.39, 0.29) is 0 Å². The standard InChI is InChI=1S/C10H7N5O/c11-14-13-10(16)8-1-3-9(4-2-8)15-6-5-12-7-15/h1-7H. The van der Waals surface area contributed by atoms with Gasteiger partial charge in [-0.2, -0.15) is 0 Å². The van der Waals surface area contributed by atoms with E-state index in [2.05, 4.69) is 15.0 Å². The molecule has 0 unspecified atom stereocenters. The zero-order valence-electron chi connectivity index (χ0n) is 8.19. The maximum atomic E-state index is 11.2. The first-order chi connectivity index (χ1) is 7.81. The van der Waals surface area contributed by atoms with Gasteiger partial charge in [0.05, 0.1) is 6.33 Å². The van der Waals surface area contributed by atoms with E-state index in [0.29, 0.717) is 5.56 Å². The maximum Gasteiger partial charge on any atom is 0.249 e. The van der Waals surface area contributed by atoms with Gasteiger partial charge in [-0.3, -0.25) is 4.79 Å². The van der Waals surface area contributed by atoms with Gasteiger partial charge in [-0.25, -0.2) is 4.98 Å². The Morgan fingerprint density at radius 3 is 2.69 bits per heavy atom. The number of hydrogen-bond donors (Lipinski definition) is 0. The number of benzene rings is 1. The highest BCUT2D eigenvalue weighted by molar-refractivity contribution is 5.94. The number of nitrogens with zero attached hydrogens (tertiary/aromatic N) is 5. The lowest BCUT2D eigenvalue weighted by molar-refractivity contribution is 0.100. The average Bonchev–Trinajstić information content (AvgIpc) is 2.83. The second kappa shape index (κ2) is 4.29. The van der Waals surface area contributed by atoms with Crippen molar-refractivity contribution in [1.29, 1.82) is 0 Å². The molecule has 6 nitrogen and oxygen atoms in total. The summed E-state index contributed by atoms with van der Waals surface area (Å²) in [5.41, 5.74) is 9.37. The summed E-state index contributed by atoms with van der Waals surface area (Å²) in [4.78, 5) is 17.6. The van der Waals surface area contributed by atoms with Crippen molar-refractivity contribution in [2.75, 3.05) is 0 Å². The third-order valence-corrected chi connectivity index (χ3v) is 2.05. The number of aromatic nitrogens is 2. The highest BCUT2D eigenvalue weighted by Crippen LogP contribution is 2.10. The van der Waals surface area contributed by atoms with Crippen LogP contribution in [-0.4, -0.2) is 15.5 Å². The second-order valence-electron chi connectivity index (χ2n) is 3.01. The van der Waals surface area contributed by atoms with Gasteiger partial charge in [-0.1, -0.05) is 0 Å². The molecule has 1 amide bonds. The molecule has 0 saturated carbocycles. The van der Waals surface area contributed by atoms with Crippen LogP contribution in [-0.2, 0) is 0 Å². The zero-order chi connectivity index (χ0) is 11.4. The molecule has 0 N–H and O–H groups in total. The van der Waals surface area contributed by atoms with Crippen molar-refractivity contribution < 1.29 is 4.79 Å². The van der Waals surface area contributed by atoms with E-state index >= 15 is 0 Å². The van der Waals surface area contributed by atoms with Gasteiger partial charge < -0.3 is 4.57 Å². The van der Waals surface area contributed by atoms with Crippen LogP contribution in [0.15, 0.2) is 48.1 Å². The van der Waals surface area contributed by atoms with Gasteiger partial charge in [-0.05, 0) is 34.9 Å². The summed E-state index contributed by atoms with van der Waals surface area (Å²) in [7, 11) is 0. The molecule has 2 aromatic rings. The number of hydrogen-bond acceptors (Lipinski definition) is 2. The minimum absolute atomic E-state index is 0.363. The van der Waals surface area contributed by atoms with E-state index in [1.54, 1.807) is 43.0 Å². The molecule has 0 aliphatic rings. The van der Waals surface area contributed by atoms with Gasteiger partial charge in [0.2, 0.25) is 5.91 Å². The predicted molar refractivity (Wildman–Crippen MR) is 57.0 cm³/mol. The SMILES string of the molecule is [N-]=[N+]=NC(=O)c1ccc(-n2ccnc2)cc1. The summed E-state index contributed by atoms with van der Waals surface area (Å²) in [6.07, 6.45) is 5.12. The van der Waals surface area contributed by atoms with Crippen LogP contribution in [0, 0.1) is 0 Å². The summed E-state index contributed by atoms with van der Waals surface area (Å²) in [6.45, 7) is 0. The quantitative estimate of drug-likeness (QED) is 0.435. The van der Waals surface area contributed by atoms with Crippen molar-refractivity contribution in [3.63, 3.8) is 0 Å². The van der Waals surface area contributed by atoms with Crippen LogP contribution in [0.25, 0.3) is 16.1 Å². The minimum Gasteiger partial charge on any atom is -0.306 e. The average molecular weight is 213 g/mol. The molecule has 0 fully saturated rings. The van der Waals surface area contributed by atoms with Crippen LogP contribution in [0.2, 0.25) is 0 Å². The van der Waals surface area contributed by atoms with Crippen LogP contribution >= 0.6 is 0 Å². The van der Waals surface area contributed by atoms with Gasteiger partial charge in [0.15, 0.2) is 0 Å². The summed E-state index contributed by atoms with van der Waals surface area (Å²) < 4.78 is 1.81. The summed E-state index contributed by atoms with van der Waals surface area (Å²) in [5, 5.41) is 3.01. The summed E-state index contributed by atoms with van der Waals surface area (Å²) in [6, 6.07) is 6.71. The molecule has 0 saturated heterocycles. The van der Waals surface area contributed by atoms with E-state index in [4.69, 9.17) is 5.53 Å². The van der Waals surface area contributed by atoms with Crippen molar-refractivity contribution in [3.05, 3.63) is 59.0 Å². The Hall–Kier alpha value is -2.59. The molecule has 0 spiro atoms. The molecule has 0 radical (unpaired) electrons. The van der Waals surface area contributed by atoms with Crippen LogP contribution in [0.4, 0.5) is 0 Å². The number of carbonyl (C=O) groups excluding carboxylic acids is 1. The van der Waals surface area contributed by atoms with Crippen molar-refractivity contribution >= 4 is 5.91 Å². The maximum absolute atomic E-state index is 11.2. The lowest BCUT2D eigenvalue weighted by Crippen LogP contribution is -1.95. The van der Waals surface area contributed by atoms with Crippen LogP contribution in [0.5, 0.6) is 0 Å². The van der Waals surface area contributed by atoms with Crippen molar-refractivity contribution in [1.82, 2.24) is 9.55 Å². The molecule has 6 heteroatoms.